The fourth-order valence-electron chi connectivity index (χ4n) is 3.52. The van der Waals surface area contributed by atoms with Crippen molar-refractivity contribution in [1.29, 1.82) is 0 Å². The van der Waals surface area contributed by atoms with Crippen molar-refractivity contribution < 1.29 is 14.6 Å². The second kappa shape index (κ2) is 9.64. The van der Waals surface area contributed by atoms with E-state index in [0.717, 1.165) is 31.2 Å². The number of rotatable bonds is 7. The molecule has 1 saturated carbocycles. The van der Waals surface area contributed by atoms with Crippen molar-refractivity contribution in [1.82, 2.24) is 10.2 Å². The highest BCUT2D eigenvalue weighted by Crippen LogP contribution is 2.25. The number of aliphatic hydroxyl groups excluding tert-OH is 1. The van der Waals surface area contributed by atoms with Gasteiger partial charge in [0.1, 0.15) is 6.61 Å². The summed E-state index contributed by atoms with van der Waals surface area (Å²) in [5.41, 5.74) is 0.983. The molecule has 1 aliphatic rings. The fraction of sp³-hybridized carbons (Fsp3) is 0.632. The number of carbonyl (C=O) groups is 1. The quantitative estimate of drug-likeness (QED) is 0.805. The summed E-state index contributed by atoms with van der Waals surface area (Å²) >= 11 is 0. The minimum absolute atomic E-state index is 0.0796. The van der Waals surface area contributed by atoms with Gasteiger partial charge in [-0.2, -0.15) is 0 Å². The molecule has 2 atom stereocenters. The van der Waals surface area contributed by atoms with Crippen molar-refractivity contribution in [3.05, 3.63) is 35.9 Å². The van der Waals surface area contributed by atoms with E-state index in [2.05, 4.69) is 24.1 Å². The van der Waals surface area contributed by atoms with Crippen molar-refractivity contribution in [2.24, 2.45) is 0 Å². The van der Waals surface area contributed by atoms with Crippen LogP contribution in [0.15, 0.2) is 30.3 Å². The minimum atomic E-state index is -0.358. The first-order valence-electron chi connectivity index (χ1n) is 8.95. The average molecular weight is 334 g/mol. The minimum Gasteiger partial charge on any atom is -0.445 e. The van der Waals surface area contributed by atoms with Crippen molar-refractivity contribution >= 4 is 6.09 Å². The SMILES string of the molecule is CC(C)N(CCO)[C@@H]1CCCC[C@H]1NC(=O)OCc1ccccc1. The molecule has 1 aromatic carbocycles. The lowest BCUT2D eigenvalue weighted by Crippen LogP contribution is -2.55. The molecular weight excluding hydrogens is 304 g/mol. The largest absolute Gasteiger partial charge is 0.445 e. The van der Waals surface area contributed by atoms with Crippen LogP contribution in [0.4, 0.5) is 4.79 Å². The number of ether oxygens (including phenoxy) is 1. The van der Waals surface area contributed by atoms with Gasteiger partial charge in [0.15, 0.2) is 0 Å². The van der Waals surface area contributed by atoms with Crippen molar-refractivity contribution in [3.8, 4) is 0 Å². The maximum Gasteiger partial charge on any atom is 0.407 e. The second-order valence-electron chi connectivity index (χ2n) is 6.72. The molecule has 0 saturated heterocycles. The molecular formula is C19H30N2O3. The second-order valence-corrected chi connectivity index (χ2v) is 6.72. The molecule has 0 aliphatic heterocycles. The summed E-state index contributed by atoms with van der Waals surface area (Å²) in [5, 5.41) is 12.4. The van der Waals surface area contributed by atoms with Gasteiger partial charge in [-0.1, -0.05) is 43.2 Å². The smallest absolute Gasteiger partial charge is 0.407 e. The van der Waals surface area contributed by atoms with E-state index in [0.29, 0.717) is 12.6 Å². The van der Waals surface area contributed by atoms with Crippen molar-refractivity contribution in [2.75, 3.05) is 13.2 Å². The zero-order valence-electron chi connectivity index (χ0n) is 14.8. The van der Waals surface area contributed by atoms with E-state index in [4.69, 9.17) is 4.74 Å². The Morgan fingerprint density at radius 1 is 1.29 bits per heavy atom. The van der Waals surface area contributed by atoms with Gasteiger partial charge in [0.05, 0.1) is 6.61 Å². The molecule has 1 fully saturated rings. The van der Waals surface area contributed by atoms with E-state index < -0.39 is 0 Å². The third-order valence-corrected chi connectivity index (χ3v) is 4.69. The number of amides is 1. The lowest BCUT2D eigenvalue weighted by Gasteiger charge is -2.42. The predicted molar refractivity (Wildman–Crippen MR) is 94.7 cm³/mol. The lowest BCUT2D eigenvalue weighted by atomic mass is 9.88. The first kappa shape index (κ1) is 18.7. The van der Waals surface area contributed by atoms with Gasteiger partial charge in [0.25, 0.3) is 0 Å². The molecule has 0 heterocycles. The van der Waals surface area contributed by atoms with Gasteiger partial charge in [0, 0.05) is 24.7 Å². The van der Waals surface area contributed by atoms with Gasteiger partial charge in [-0.25, -0.2) is 4.79 Å². The van der Waals surface area contributed by atoms with Crippen LogP contribution in [-0.4, -0.2) is 47.4 Å². The molecule has 134 valence electrons. The number of nitrogens with zero attached hydrogens (tertiary/aromatic N) is 1. The lowest BCUT2D eigenvalue weighted by molar-refractivity contribution is 0.0663. The number of aliphatic hydroxyl groups is 1. The number of nitrogens with one attached hydrogen (secondary N) is 1. The molecule has 0 spiro atoms. The highest BCUT2D eigenvalue weighted by atomic mass is 16.5. The fourth-order valence-corrected chi connectivity index (χ4v) is 3.52. The van der Waals surface area contributed by atoms with Crippen LogP contribution in [0.25, 0.3) is 0 Å². The Kier molecular flexibility index (Phi) is 7.53. The van der Waals surface area contributed by atoms with E-state index in [-0.39, 0.29) is 31.4 Å². The van der Waals surface area contributed by atoms with Crippen LogP contribution in [0.5, 0.6) is 0 Å². The summed E-state index contributed by atoms with van der Waals surface area (Å²) in [6, 6.07) is 10.4. The first-order chi connectivity index (χ1) is 11.6. The molecule has 5 heteroatoms. The third kappa shape index (κ3) is 5.49. The normalized spacial score (nSPS) is 21.0. The molecule has 2 rings (SSSR count). The van der Waals surface area contributed by atoms with Crippen LogP contribution in [0.2, 0.25) is 0 Å². The zero-order valence-corrected chi connectivity index (χ0v) is 14.8. The van der Waals surface area contributed by atoms with Crippen molar-refractivity contribution in [2.45, 2.75) is 64.3 Å². The Balaban J connectivity index is 1.90. The van der Waals surface area contributed by atoms with E-state index >= 15 is 0 Å². The van der Waals surface area contributed by atoms with Gasteiger partial charge in [-0.3, -0.25) is 4.90 Å². The van der Waals surface area contributed by atoms with Crippen LogP contribution in [-0.2, 0) is 11.3 Å². The van der Waals surface area contributed by atoms with E-state index in [1.54, 1.807) is 0 Å². The molecule has 0 aromatic heterocycles. The molecule has 0 radical (unpaired) electrons. The maximum absolute atomic E-state index is 12.2. The van der Waals surface area contributed by atoms with Crippen LogP contribution in [0, 0.1) is 0 Å². The van der Waals surface area contributed by atoms with Gasteiger partial charge in [0.2, 0.25) is 0 Å². The molecule has 2 N–H and O–H groups in total. The van der Waals surface area contributed by atoms with Gasteiger partial charge >= 0.3 is 6.09 Å². The molecule has 1 aliphatic carbocycles. The van der Waals surface area contributed by atoms with Gasteiger partial charge in [-0.05, 0) is 32.3 Å². The van der Waals surface area contributed by atoms with Crippen LogP contribution in [0.1, 0.15) is 45.1 Å². The number of benzene rings is 1. The Hall–Kier alpha value is -1.59. The summed E-state index contributed by atoms with van der Waals surface area (Å²) < 4.78 is 5.36. The summed E-state index contributed by atoms with van der Waals surface area (Å²) in [4.78, 5) is 14.5. The number of hydrogen-bond acceptors (Lipinski definition) is 4. The maximum atomic E-state index is 12.2. The molecule has 1 amide bonds. The van der Waals surface area contributed by atoms with E-state index in [9.17, 15) is 9.90 Å². The van der Waals surface area contributed by atoms with Crippen LogP contribution in [0.3, 0.4) is 0 Å². The predicted octanol–water partition coefficient (Wildman–Crippen LogP) is 2.93. The van der Waals surface area contributed by atoms with E-state index in [1.165, 1.54) is 0 Å². The van der Waals surface area contributed by atoms with Gasteiger partial charge in [-0.15, -0.1) is 0 Å². The molecule has 0 unspecified atom stereocenters. The first-order valence-corrected chi connectivity index (χ1v) is 8.95. The third-order valence-electron chi connectivity index (χ3n) is 4.69. The highest BCUT2D eigenvalue weighted by molar-refractivity contribution is 5.67. The number of hydrogen-bond donors (Lipinski definition) is 2. The summed E-state index contributed by atoms with van der Waals surface area (Å²) in [6.07, 6.45) is 3.92. The Morgan fingerprint density at radius 3 is 2.67 bits per heavy atom. The average Bonchev–Trinajstić information content (AvgIpc) is 2.59. The van der Waals surface area contributed by atoms with Crippen molar-refractivity contribution in [3.63, 3.8) is 0 Å². The number of carbonyl (C=O) groups excluding carboxylic acids is 1. The molecule has 24 heavy (non-hydrogen) atoms. The van der Waals surface area contributed by atoms with E-state index in [1.807, 2.05) is 30.3 Å². The monoisotopic (exact) mass is 334 g/mol. The molecule has 1 aromatic rings. The van der Waals surface area contributed by atoms with Crippen LogP contribution >= 0.6 is 0 Å². The Morgan fingerprint density at radius 2 is 2.00 bits per heavy atom. The zero-order chi connectivity index (χ0) is 17.4. The Bertz CT molecular complexity index is 493. The van der Waals surface area contributed by atoms with Crippen LogP contribution < -0.4 is 5.32 Å². The topological polar surface area (TPSA) is 61.8 Å². The summed E-state index contributed by atoms with van der Waals surface area (Å²) in [6.45, 7) is 5.33. The van der Waals surface area contributed by atoms with Gasteiger partial charge < -0.3 is 15.2 Å². The summed E-state index contributed by atoms with van der Waals surface area (Å²) in [7, 11) is 0. The summed E-state index contributed by atoms with van der Waals surface area (Å²) in [5.74, 6) is 0. The molecule has 5 nitrogen and oxygen atoms in total. The highest BCUT2D eigenvalue weighted by Gasteiger charge is 2.32. The number of alkyl carbamates (subject to hydrolysis) is 1. The Labute approximate surface area is 145 Å². The molecule has 0 bridgehead atoms. The standard InChI is InChI=1S/C19H30N2O3/c1-15(2)21(12-13-22)18-11-7-6-10-17(18)20-19(23)24-14-16-8-4-3-5-9-16/h3-5,8-9,15,17-18,22H,6-7,10-14H2,1-2H3,(H,20,23)/t17-,18-/m1/s1.